The molecule has 0 aliphatic rings. The molecule has 0 aliphatic heterocycles. The lowest BCUT2D eigenvalue weighted by molar-refractivity contribution is -0.137. The molecule has 6 heteroatoms. The van der Waals surface area contributed by atoms with Crippen molar-refractivity contribution in [3.8, 4) is 5.75 Å². The Morgan fingerprint density at radius 3 is 2.48 bits per heavy atom. The third-order valence-electron chi connectivity index (χ3n) is 3.90. The van der Waals surface area contributed by atoms with Gasteiger partial charge in [-0.15, -0.1) is 0 Å². The van der Waals surface area contributed by atoms with Gasteiger partial charge in [0.15, 0.2) is 0 Å². The summed E-state index contributed by atoms with van der Waals surface area (Å²) >= 11 is 0. The molecule has 1 atom stereocenters. The quantitative estimate of drug-likeness (QED) is 0.778. The van der Waals surface area contributed by atoms with Crippen molar-refractivity contribution in [3.63, 3.8) is 0 Å². The normalized spacial score (nSPS) is 11.6. The minimum atomic E-state index is -1.00. The molecule has 6 nitrogen and oxygen atoms in total. The van der Waals surface area contributed by atoms with Gasteiger partial charge in [-0.2, -0.15) is 0 Å². The molecule has 2 rings (SSSR count). The van der Waals surface area contributed by atoms with E-state index in [9.17, 15) is 9.59 Å². The van der Waals surface area contributed by atoms with E-state index in [1.807, 2.05) is 44.2 Å². The number of hydrogen-bond donors (Lipinski definition) is 2. The number of rotatable bonds is 6. The smallest absolute Gasteiger partial charge is 0.309 e. The fourth-order valence-electron chi connectivity index (χ4n) is 2.59. The van der Waals surface area contributed by atoms with E-state index in [-0.39, 0.29) is 6.04 Å². The Morgan fingerprint density at radius 2 is 1.88 bits per heavy atom. The van der Waals surface area contributed by atoms with E-state index in [0.717, 1.165) is 28.1 Å². The molecule has 2 amide bonds. The number of ether oxygens (including phenoxy) is 1. The monoisotopic (exact) mass is 341 g/mol. The summed E-state index contributed by atoms with van der Waals surface area (Å²) in [5.41, 5.74) is 8.98. The SMILES string of the molecule is COc1cc(C)ccc1CC(Cc1ccc(C)cn1)NC(=O)C(N)=O. The minimum absolute atomic E-state index is 0.327. The molecule has 0 fully saturated rings. The number of aromatic nitrogens is 1. The van der Waals surface area contributed by atoms with Gasteiger partial charge in [0.25, 0.3) is 0 Å². The summed E-state index contributed by atoms with van der Waals surface area (Å²) in [6.07, 6.45) is 2.75. The van der Waals surface area contributed by atoms with E-state index in [1.165, 1.54) is 0 Å². The number of nitrogens with two attached hydrogens (primary N) is 1. The minimum Gasteiger partial charge on any atom is -0.496 e. The van der Waals surface area contributed by atoms with Crippen LogP contribution in [0.2, 0.25) is 0 Å². The first-order chi connectivity index (χ1) is 11.9. The molecule has 25 heavy (non-hydrogen) atoms. The zero-order valence-corrected chi connectivity index (χ0v) is 14.7. The van der Waals surface area contributed by atoms with Gasteiger partial charge in [0, 0.05) is 24.4 Å². The number of aryl methyl sites for hydroxylation is 2. The van der Waals surface area contributed by atoms with E-state index in [2.05, 4.69) is 10.3 Å². The van der Waals surface area contributed by atoms with Crippen LogP contribution in [-0.2, 0) is 22.4 Å². The molecule has 0 bridgehead atoms. The van der Waals surface area contributed by atoms with Crippen molar-refractivity contribution in [2.24, 2.45) is 5.73 Å². The first-order valence-electron chi connectivity index (χ1n) is 8.04. The van der Waals surface area contributed by atoms with E-state index >= 15 is 0 Å². The van der Waals surface area contributed by atoms with Crippen LogP contribution >= 0.6 is 0 Å². The zero-order chi connectivity index (χ0) is 18.4. The fourth-order valence-corrected chi connectivity index (χ4v) is 2.59. The summed E-state index contributed by atoms with van der Waals surface area (Å²) in [6, 6.07) is 9.42. The number of methoxy groups -OCH3 is 1. The predicted octanol–water partition coefficient (Wildman–Crippen LogP) is 1.46. The molecule has 1 unspecified atom stereocenters. The van der Waals surface area contributed by atoms with Crippen LogP contribution in [0.1, 0.15) is 22.4 Å². The Hall–Kier alpha value is -2.89. The standard InChI is InChI=1S/C19H23N3O3/c1-12-4-6-14(17(8-12)25-3)9-16(22-19(24)18(20)23)10-15-7-5-13(2)11-21-15/h4-8,11,16H,9-10H2,1-3H3,(H2,20,23)(H,22,24). The van der Waals surface area contributed by atoms with Crippen molar-refractivity contribution in [2.75, 3.05) is 7.11 Å². The summed E-state index contributed by atoms with van der Waals surface area (Å²) in [5, 5.41) is 2.68. The first kappa shape index (κ1) is 18.4. The summed E-state index contributed by atoms with van der Waals surface area (Å²) in [6.45, 7) is 3.94. The number of nitrogens with one attached hydrogen (secondary N) is 1. The molecule has 0 aliphatic carbocycles. The zero-order valence-electron chi connectivity index (χ0n) is 14.7. The van der Waals surface area contributed by atoms with E-state index in [1.54, 1.807) is 13.3 Å². The van der Waals surface area contributed by atoms with Crippen LogP contribution in [0.25, 0.3) is 0 Å². The molecule has 3 N–H and O–H groups in total. The Bertz CT molecular complexity index is 757. The van der Waals surface area contributed by atoms with E-state index in [0.29, 0.717) is 12.8 Å². The number of carbonyl (C=O) groups excluding carboxylic acids is 2. The van der Waals surface area contributed by atoms with Crippen LogP contribution in [-0.4, -0.2) is 29.9 Å². The van der Waals surface area contributed by atoms with E-state index < -0.39 is 11.8 Å². The van der Waals surface area contributed by atoms with Crippen molar-refractivity contribution < 1.29 is 14.3 Å². The van der Waals surface area contributed by atoms with Crippen molar-refractivity contribution in [1.29, 1.82) is 0 Å². The second-order valence-corrected chi connectivity index (χ2v) is 6.09. The summed E-state index contributed by atoms with van der Waals surface area (Å²) < 4.78 is 5.43. The van der Waals surface area contributed by atoms with Gasteiger partial charge in [0.1, 0.15) is 5.75 Å². The molecule has 0 spiro atoms. The molecule has 0 saturated heterocycles. The highest BCUT2D eigenvalue weighted by molar-refractivity contribution is 6.34. The van der Waals surface area contributed by atoms with Crippen LogP contribution in [0.4, 0.5) is 0 Å². The maximum absolute atomic E-state index is 11.8. The van der Waals surface area contributed by atoms with Crippen LogP contribution in [0.3, 0.4) is 0 Å². The lowest BCUT2D eigenvalue weighted by Gasteiger charge is -2.19. The van der Waals surface area contributed by atoms with Crippen LogP contribution in [0.15, 0.2) is 36.5 Å². The van der Waals surface area contributed by atoms with Gasteiger partial charge in [0.05, 0.1) is 7.11 Å². The number of hydrogen-bond acceptors (Lipinski definition) is 4. The highest BCUT2D eigenvalue weighted by Gasteiger charge is 2.19. The number of primary amides is 1. The fraction of sp³-hybridized carbons (Fsp3) is 0.316. The molecule has 2 aromatic rings. The van der Waals surface area contributed by atoms with Gasteiger partial charge < -0.3 is 15.8 Å². The van der Waals surface area contributed by atoms with Gasteiger partial charge in [-0.25, -0.2) is 0 Å². The molecule has 0 saturated carbocycles. The average Bonchev–Trinajstić information content (AvgIpc) is 2.58. The predicted molar refractivity (Wildman–Crippen MR) is 95.2 cm³/mol. The second kappa shape index (κ2) is 8.28. The van der Waals surface area contributed by atoms with Crippen LogP contribution in [0.5, 0.6) is 5.75 Å². The van der Waals surface area contributed by atoms with Gasteiger partial charge in [-0.05, 0) is 49.1 Å². The third kappa shape index (κ3) is 5.31. The van der Waals surface area contributed by atoms with Crippen molar-refractivity contribution in [1.82, 2.24) is 10.3 Å². The van der Waals surface area contributed by atoms with Crippen molar-refractivity contribution in [3.05, 3.63) is 58.9 Å². The molecule has 1 heterocycles. The number of benzene rings is 1. The molecule has 1 aromatic carbocycles. The van der Waals surface area contributed by atoms with Gasteiger partial charge >= 0.3 is 11.8 Å². The topological polar surface area (TPSA) is 94.3 Å². The van der Waals surface area contributed by atoms with E-state index in [4.69, 9.17) is 10.5 Å². The highest BCUT2D eigenvalue weighted by atomic mass is 16.5. The second-order valence-electron chi connectivity index (χ2n) is 6.09. The third-order valence-corrected chi connectivity index (χ3v) is 3.90. The van der Waals surface area contributed by atoms with Crippen LogP contribution < -0.4 is 15.8 Å². The number of amides is 2. The summed E-state index contributed by atoms with van der Waals surface area (Å²) in [4.78, 5) is 27.3. The Morgan fingerprint density at radius 1 is 1.16 bits per heavy atom. The lowest BCUT2D eigenvalue weighted by atomic mass is 9.99. The van der Waals surface area contributed by atoms with Gasteiger partial charge in [-0.1, -0.05) is 18.2 Å². The van der Waals surface area contributed by atoms with Crippen LogP contribution in [0, 0.1) is 13.8 Å². The summed E-state index contributed by atoms with van der Waals surface area (Å²) in [5.74, 6) is -1.06. The van der Waals surface area contributed by atoms with Gasteiger partial charge in [-0.3, -0.25) is 14.6 Å². The Labute approximate surface area is 147 Å². The van der Waals surface area contributed by atoms with Crippen molar-refractivity contribution in [2.45, 2.75) is 32.7 Å². The summed E-state index contributed by atoms with van der Waals surface area (Å²) in [7, 11) is 1.61. The number of nitrogens with zero attached hydrogens (tertiary/aromatic N) is 1. The molecular weight excluding hydrogens is 318 g/mol. The lowest BCUT2D eigenvalue weighted by Crippen LogP contribution is -2.44. The Balaban J connectivity index is 2.23. The van der Waals surface area contributed by atoms with Gasteiger partial charge in [0.2, 0.25) is 0 Å². The maximum Gasteiger partial charge on any atom is 0.309 e. The first-order valence-corrected chi connectivity index (χ1v) is 8.04. The number of carbonyl (C=O) groups is 2. The molecular formula is C19H23N3O3. The molecule has 132 valence electrons. The average molecular weight is 341 g/mol. The number of pyridine rings is 1. The molecule has 1 aromatic heterocycles. The Kier molecular flexibility index (Phi) is 6.11. The largest absolute Gasteiger partial charge is 0.496 e. The maximum atomic E-state index is 11.8. The highest BCUT2D eigenvalue weighted by Crippen LogP contribution is 2.22. The van der Waals surface area contributed by atoms with Crippen molar-refractivity contribution >= 4 is 11.8 Å². The molecule has 0 radical (unpaired) electrons.